The van der Waals surface area contributed by atoms with Gasteiger partial charge in [-0.15, -0.1) is 0 Å². The minimum Gasteiger partial charge on any atom is -0.385 e. The Balaban J connectivity index is 1.69. The van der Waals surface area contributed by atoms with E-state index in [1.54, 1.807) is 6.92 Å². The van der Waals surface area contributed by atoms with E-state index in [-0.39, 0.29) is 19.4 Å². The average Bonchev–Trinajstić information content (AvgIpc) is 2.96. The number of carbonyl (C=O) groups is 2. The molecule has 132 valence electrons. The Morgan fingerprint density at radius 3 is 2.50 bits per heavy atom. The van der Waals surface area contributed by atoms with E-state index in [1.807, 2.05) is 0 Å². The van der Waals surface area contributed by atoms with Crippen LogP contribution in [0.5, 0.6) is 0 Å². The fraction of sp³-hybridized carbons (Fsp3) is 0.667. The van der Waals surface area contributed by atoms with E-state index in [4.69, 9.17) is 0 Å². The summed E-state index contributed by atoms with van der Waals surface area (Å²) in [7, 11) is 0. The summed E-state index contributed by atoms with van der Waals surface area (Å²) in [5.74, 6) is -3.33. The second-order valence-electron chi connectivity index (χ2n) is 6.57. The number of hydrogen-bond donors (Lipinski definition) is 2. The summed E-state index contributed by atoms with van der Waals surface area (Å²) in [6, 6.07) is -0.647. The number of urea groups is 1. The van der Waals surface area contributed by atoms with Gasteiger partial charge in [0.1, 0.15) is 11.6 Å². The van der Waals surface area contributed by atoms with Gasteiger partial charge in [0.05, 0.1) is 12.3 Å². The molecule has 1 spiro atoms. The number of nitrogens with one attached hydrogen (secondary N) is 1. The molecule has 1 unspecified atom stereocenters. The van der Waals surface area contributed by atoms with Gasteiger partial charge < -0.3 is 10.4 Å². The maximum atomic E-state index is 13.3. The first-order valence-corrected chi connectivity index (χ1v) is 8.56. The third kappa shape index (κ3) is 2.99. The van der Waals surface area contributed by atoms with Gasteiger partial charge in [0, 0.05) is 29.4 Å². The molecule has 0 bridgehead atoms. The van der Waals surface area contributed by atoms with E-state index in [0.29, 0.717) is 12.1 Å². The Morgan fingerprint density at radius 2 is 1.96 bits per heavy atom. The molecule has 3 rings (SSSR count). The van der Waals surface area contributed by atoms with Gasteiger partial charge in [0.15, 0.2) is 0 Å². The van der Waals surface area contributed by atoms with E-state index in [2.05, 4.69) is 26.2 Å². The Hall–Kier alpha value is -1.35. The Morgan fingerprint density at radius 1 is 1.33 bits per heavy atom. The number of allylic oxidation sites excluding steroid dienone is 2. The van der Waals surface area contributed by atoms with Crippen molar-refractivity contribution >= 4 is 33.6 Å². The molecule has 3 amide bonds. The van der Waals surface area contributed by atoms with Gasteiger partial charge in [0.25, 0.3) is 5.91 Å². The topological polar surface area (TPSA) is 82.0 Å². The zero-order valence-corrected chi connectivity index (χ0v) is 14.7. The average molecular weight is 406 g/mol. The number of imide groups is 1. The quantitative estimate of drug-likeness (QED) is 0.706. The number of hydrogen-bond acceptors (Lipinski definition) is 4. The highest BCUT2D eigenvalue weighted by molar-refractivity contribution is 9.11. The van der Waals surface area contributed by atoms with E-state index in [9.17, 15) is 23.5 Å². The highest BCUT2D eigenvalue weighted by atomic mass is 79.9. The molecule has 0 aromatic carbocycles. The Kier molecular flexibility index (Phi) is 4.28. The zero-order chi connectivity index (χ0) is 17.7. The van der Waals surface area contributed by atoms with Crippen LogP contribution < -0.4 is 5.32 Å². The SMILES string of the molecule is CC1=C(Br)CC(C(O)CN2C(=O)NC3(CCC(F)(F)CC3)C2=O)=N1. The summed E-state index contributed by atoms with van der Waals surface area (Å²) in [6.07, 6.45) is -1.70. The summed E-state index contributed by atoms with van der Waals surface area (Å²) >= 11 is 3.34. The van der Waals surface area contributed by atoms with E-state index in [0.717, 1.165) is 15.1 Å². The summed E-state index contributed by atoms with van der Waals surface area (Å²) in [4.78, 5) is 29.9. The molecule has 2 heterocycles. The fourth-order valence-corrected chi connectivity index (χ4v) is 3.67. The highest BCUT2D eigenvalue weighted by Gasteiger charge is 2.55. The van der Waals surface area contributed by atoms with Crippen LogP contribution in [-0.2, 0) is 4.79 Å². The summed E-state index contributed by atoms with van der Waals surface area (Å²) < 4.78 is 27.5. The lowest BCUT2D eigenvalue weighted by atomic mass is 9.80. The molecular weight excluding hydrogens is 388 g/mol. The van der Waals surface area contributed by atoms with Gasteiger partial charge in [-0.25, -0.2) is 13.6 Å². The van der Waals surface area contributed by atoms with Crippen LogP contribution in [0.1, 0.15) is 39.0 Å². The summed E-state index contributed by atoms with van der Waals surface area (Å²) in [5.41, 5.74) is -0.0478. The highest BCUT2D eigenvalue weighted by Crippen LogP contribution is 2.41. The third-order valence-electron chi connectivity index (χ3n) is 4.86. The number of aliphatic imine (C=N–C) groups is 1. The number of aliphatic hydroxyl groups excluding tert-OH is 1. The number of β-amino-alcohol motifs (C(OH)–C–C–N with tert-alkyl or cyclic N) is 1. The molecule has 1 saturated carbocycles. The number of alkyl halides is 2. The second-order valence-corrected chi connectivity index (χ2v) is 7.53. The molecule has 2 aliphatic heterocycles. The van der Waals surface area contributed by atoms with Crippen LogP contribution in [0.15, 0.2) is 15.2 Å². The van der Waals surface area contributed by atoms with Crippen molar-refractivity contribution in [3.63, 3.8) is 0 Å². The van der Waals surface area contributed by atoms with Crippen molar-refractivity contribution in [2.45, 2.75) is 56.6 Å². The lowest BCUT2D eigenvalue weighted by Gasteiger charge is -2.34. The van der Waals surface area contributed by atoms with Crippen LogP contribution in [0.4, 0.5) is 13.6 Å². The lowest BCUT2D eigenvalue weighted by molar-refractivity contribution is -0.136. The molecule has 1 aliphatic carbocycles. The van der Waals surface area contributed by atoms with Gasteiger partial charge in [-0.2, -0.15) is 0 Å². The Labute approximate surface area is 146 Å². The maximum absolute atomic E-state index is 13.3. The van der Waals surface area contributed by atoms with Crippen molar-refractivity contribution in [3.05, 3.63) is 10.2 Å². The van der Waals surface area contributed by atoms with Gasteiger partial charge in [-0.3, -0.25) is 14.7 Å². The van der Waals surface area contributed by atoms with Crippen LogP contribution >= 0.6 is 15.9 Å². The predicted octanol–water partition coefficient (Wildman–Crippen LogP) is 2.32. The van der Waals surface area contributed by atoms with Crippen molar-refractivity contribution in [3.8, 4) is 0 Å². The lowest BCUT2D eigenvalue weighted by Crippen LogP contribution is -2.51. The van der Waals surface area contributed by atoms with Crippen LogP contribution in [0.3, 0.4) is 0 Å². The molecule has 2 fully saturated rings. The van der Waals surface area contributed by atoms with Crippen molar-refractivity contribution in [2.24, 2.45) is 4.99 Å². The van der Waals surface area contributed by atoms with Crippen LogP contribution in [-0.4, -0.2) is 51.8 Å². The molecular formula is C15H18BrF2N3O3. The van der Waals surface area contributed by atoms with Crippen molar-refractivity contribution in [1.82, 2.24) is 10.2 Å². The fourth-order valence-electron chi connectivity index (χ4n) is 3.30. The smallest absolute Gasteiger partial charge is 0.325 e. The van der Waals surface area contributed by atoms with Crippen molar-refractivity contribution in [2.75, 3.05) is 6.54 Å². The molecule has 0 radical (unpaired) electrons. The second kappa shape index (κ2) is 5.87. The van der Waals surface area contributed by atoms with E-state index in [1.165, 1.54) is 0 Å². The molecule has 9 heteroatoms. The first kappa shape index (κ1) is 17.5. The van der Waals surface area contributed by atoms with Crippen LogP contribution in [0.25, 0.3) is 0 Å². The van der Waals surface area contributed by atoms with E-state index >= 15 is 0 Å². The molecule has 24 heavy (non-hydrogen) atoms. The standard InChI is InChI=1S/C15H18BrF2N3O3/c1-8-9(16)6-10(19-8)11(22)7-21-12(23)14(20-13(21)24)2-4-15(17,18)5-3-14/h11,22H,2-7H2,1H3,(H,20,24). The maximum Gasteiger partial charge on any atom is 0.325 e. The van der Waals surface area contributed by atoms with Gasteiger partial charge in [-0.05, 0) is 19.8 Å². The van der Waals surface area contributed by atoms with Gasteiger partial charge in [0.2, 0.25) is 5.92 Å². The summed E-state index contributed by atoms with van der Waals surface area (Å²) in [5, 5.41) is 12.8. The number of halogens is 3. The number of rotatable bonds is 3. The molecule has 1 saturated heterocycles. The molecule has 6 nitrogen and oxygen atoms in total. The molecule has 3 aliphatic rings. The first-order chi connectivity index (χ1) is 11.1. The molecule has 0 aromatic heterocycles. The minimum atomic E-state index is -2.79. The van der Waals surface area contributed by atoms with Crippen molar-refractivity contribution in [1.29, 1.82) is 0 Å². The number of amides is 3. The minimum absolute atomic E-state index is 0.0929. The van der Waals surface area contributed by atoms with Crippen LogP contribution in [0.2, 0.25) is 0 Å². The number of nitrogens with zero attached hydrogens (tertiary/aromatic N) is 2. The first-order valence-electron chi connectivity index (χ1n) is 7.76. The van der Waals surface area contributed by atoms with Gasteiger partial charge in [-0.1, -0.05) is 15.9 Å². The van der Waals surface area contributed by atoms with Crippen LogP contribution in [0, 0.1) is 0 Å². The predicted molar refractivity (Wildman–Crippen MR) is 86.1 cm³/mol. The molecule has 1 atom stereocenters. The molecule has 0 aromatic rings. The summed E-state index contributed by atoms with van der Waals surface area (Å²) in [6.45, 7) is 1.56. The molecule has 2 N–H and O–H groups in total. The number of carbonyl (C=O) groups excluding carboxylic acids is 2. The van der Waals surface area contributed by atoms with Crippen molar-refractivity contribution < 1.29 is 23.5 Å². The monoisotopic (exact) mass is 405 g/mol. The Bertz CT molecular complexity index is 652. The third-order valence-corrected chi connectivity index (χ3v) is 5.72. The normalized spacial score (nSPS) is 26.9. The largest absolute Gasteiger partial charge is 0.385 e. The van der Waals surface area contributed by atoms with E-state index < -0.39 is 42.3 Å². The zero-order valence-electron chi connectivity index (χ0n) is 13.1. The van der Waals surface area contributed by atoms with Gasteiger partial charge >= 0.3 is 6.03 Å². The number of aliphatic hydroxyl groups is 1.